The SMILES string of the molecule is CN=C/C(=C\N)CBr. The number of hydrogen-bond acceptors (Lipinski definition) is 2. The lowest BCUT2D eigenvalue weighted by Gasteiger charge is -1.87. The third-order valence-electron chi connectivity index (χ3n) is 0.663. The van der Waals surface area contributed by atoms with Gasteiger partial charge in [-0.15, -0.1) is 0 Å². The maximum absolute atomic E-state index is 5.19. The molecule has 0 radical (unpaired) electrons. The van der Waals surface area contributed by atoms with Crippen LogP contribution in [0, 0.1) is 0 Å². The van der Waals surface area contributed by atoms with E-state index in [1.54, 1.807) is 13.3 Å². The molecule has 2 N–H and O–H groups in total. The maximum atomic E-state index is 5.19. The van der Waals surface area contributed by atoms with Crippen molar-refractivity contribution in [2.24, 2.45) is 10.7 Å². The molecule has 0 spiro atoms. The fourth-order valence-corrected chi connectivity index (χ4v) is 0.620. The van der Waals surface area contributed by atoms with Gasteiger partial charge in [0.05, 0.1) is 0 Å². The Morgan fingerprint density at radius 2 is 2.50 bits per heavy atom. The van der Waals surface area contributed by atoms with Crippen molar-refractivity contribution in [1.82, 2.24) is 0 Å². The fourth-order valence-electron chi connectivity index (χ4n) is 0.288. The smallest absolute Gasteiger partial charge is 0.0312 e. The molecule has 0 rings (SSSR count). The van der Waals surface area contributed by atoms with E-state index >= 15 is 0 Å². The normalized spacial score (nSPS) is 13.0. The Balaban J connectivity index is 3.72. The Bertz CT molecular complexity index is 104. The lowest BCUT2D eigenvalue weighted by molar-refractivity contribution is 1.43. The molecule has 0 aliphatic rings. The summed E-state index contributed by atoms with van der Waals surface area (Å²) in [6, 6.07) is 0. The summed E-state index contributed by atoms with van der Waals surface area (Å²) in [5.41, 5.74) is 6.18. The summed E-state index contributed by atoms with van der Waals surface area (Å²) in [5, 5.41) is 0.765. The van der Waals surface area contributed by atoms with E-state index in [-0.39, 0.29) is 0 Å². The Labute approximate surface area is 57.6 Å². The van der Waals surface area contributed by atoms with E-state index in [4.69, 9.17) is 5.73 Å². The molecular weight excluding hydrogens is 168 g/mol. The van der Waals surface area contributed by atoms with Crippen LogP contribution in [0.3, 0.4) is 0 Å². The number of hydrogen-bond donors (Lipinski definition) is 1. The molecule has 46 valence electrons. The molecule has 2 nitrogen and oxygen atoms in total. The van der Waals surface area contributed by atoms with Gasteiger partial charge in [0.15, 0.2) is 0 Å². The van der Waals surface area contributed by atoms with E-state index in [1.807, 2.05) is 0 Å². The van der Waals surface area contributed by atoms with E-state index in [9.17, 15) is 0 Å². The van der Waals surface area contributed by atoms with Crippen molar-refractivity contribution >= 4 is 22.1 Å². The van der Waals surface area contributed by atoms with Crippen LogP contribution in [-0.2, 0) is 0 Å². The number of allylic oxidation sites excluding steroid dienone is 1. The summed E-state index contributed by atoms with van der Waals surface area (Å²) in [7, 11) is 1.71. The van der Waals surface area contributed by atoms with Gasteiger partial charge in [0, 0.05) is 18.6 Å². The third kappa shape index (κ3) is 2.80. The predicted molar refractivity (Wildman–Crippen MR) is 40.5 cm³/mol. The third-order valence-corrected chi connectivity index (χ3v) is 1.31. The molecule has 8 heavy (non-hydrogen) atoms. The van der Waals surface area contributed by atoms with Gasteiger partial charge in [0.25, 0.3) is 0 Å². The van der Waals surface area contributed by atoms with Crippen LogP contribution in [0.5, 0.6) is 0 Å². The number of alkyl halides is 1. The largest absolute Gasteiger partial charge is 0.404 e. The van der Waals surface area contributed by atoms with Gasteiger partial charge in [-0.25, -0.2) is 0 Å². The van der Waals surface area contributed by atoms with Crippen LogP contribution in [0.4, 0.5) is 0 Å². The number of nitrogens with zero attached hydrogens (tertiary/aromatic N) is 1. The summed E-state index contributed by atoms with van der Waals surface area (Å²) < 4.78 is 0. The van der Waals surface area contributed by atoms with E-state index in [2.05, 4.69) is 20.9 Å². The maximum Gasteiger partial charge on any atom is 0.0312 e. The molecule has 0 aromatic rings. The molecule has 0 amide bonds. The minimum absolute atomic E-state index is 0.765. The van der Waals surface area contributed by atoms with Crippen molar-refractivity contribution in [2.75, 3.05) is 12.4 Å². The first-order chi connectivity index (χ1) is 3.85. The van der Waals surface area contributed by atoms with Crippen molar-refractivity contribution in [3.05, 3.63) is 11.8 Å². The zero-order valence-electron chi connectivity index (χ0n) is 4.76. The number of aliphatic imine (C=N–C) groups is 1. The quantitative estimate of drug-likeness (QED) is 0.494. The first-order valence-electron chi connectivity index (χ1n) is 2.24. The molecule has 0 aromatic carbocycles. The van der Waals surface area contributed by atoms with Gasteiger partial charge in [0.1, 0.15) is 0 Å². The van der Waals surface area contributed by atoms with Gasteiger partial charge in [0.2, 0.25) is 0 Å². The molecule has 0 unspecified atom stereocenters. The monoisotopic (exact) mass is 176 g/mol. The minimum atomic E-state index is 0.765. The topological polar surface area (TPSA) is 38.4 Å². The van der Waals surface area contributed by atoms with Crippen molar-refractivity contribution in [2.45, 2.75) is 0 Å². The van der Waals surface area contributed by atoms with Crippen LogP contribution in [0.25, 0.3) is 0 Å². The highest BCUT2D eigenvalue weighted by Crippen LogP contribution is 1.92. The van der Waals surface area contributed by atoms with Gasteiger partial charge >= 0.3 is 0 Å². The summed E-state index contributed by atoms with van der Waals surface area (Å²) in [6.07, 6.45) is 3.25. The molecule has 0 aliphatic heterocycles. The Kier molecular flexibility index (Phi) is 4.65. The average molecular weight is 177 g/mol. The summed E-state index contributed by atoms with van der Waals surface area (Å²) in [5.74, 6) is 0. The standard InChI is InChI=1S/C5H9BrN2/c1-8-4-5(2-6)3-7/h3-4H,2,7H2,1H3/b5-3-,8-4?. The van der Waals surface area contributed by atoms with Crippen molar-refractivity contribution < 1.29 is 0 Å². The Morgan fingerprint density at radius 1 is 1.88 bits per heavy atom. The zero-order chi connectivity index (χ0) is 6.41. The highest BCUT2D eigenvalue weighted by Gasteiger charge is 1.83. The molecule has 3 heteroatoms. The lowest BCUT2D eigenvalue weighted by atomic mass is 10.4. The van der Waals surface area contributed by atoms with Gasteiger partial charge in [-0.05, 0) is 11.8 Å². The van der Waals surface area contributed by atoms with Crippen LogP contribution >= 0.6 is 15.9 Å². The average Bonchev–Trinajstić information content (AvgIpc) is 1.83. The number of nitrogens with two attached hydrogens (primary N) is 1. The van der Waals surface area contributed by atoms with Crippen LogP contribution in [0.15, 0.2) is 16.8 Å². The first kappa shape index (κ1) is 7.69. The second kappa shape index (κ2) is 4.84. The van der Waals surface area contributed by atoms with E-state index in [0.29, 0.717) is 0 Å². The van der Waals surface area contributed by atoms with Crippen molar-refractivity contribution in [1.29, 1.82) is 0 Å². The van der Waals surface area contributed by atoms with Crippen LogP contribution < -0.4 is 5.73 Å². The van der Waals surface area contributed by atoms with Gasteiger partial charge in [-0.2, -0.15) is 0 Å². The summed E-state index contributed by atoms with van der Waals surface area (Å²) in [4.78, 5) is 3.77. The molecule has 0 bridgehead atoms. The number of rotatable bonds is 2. The Hall–Kier alpha value is -0.310. The second-order valence-electron chi connectivity index (χ2n) is 1.26. The van der Waals surface area contributed by atoms with Crippen LogP contribution in [0.1, 0.15) is 0 Å². The molecular formula is C5H9BrN2. The summed E-state index contributed by atoms with van der Waals surface area (Å²) >= 11 is 3.24. The fraction of sp³-hybridized carbons (Fsp3) is 0.400. The summed E-state index contributed by atoms with van der Waals surface area (Å²) in [6.45, 7) is 0. The molecule has 0 saturated carbocycles. The van der Waals surface area contributed by atoms with Crippen molar-refractivity contribution in [3.63, 3.8) is 0 Å². The lowest BCUT2D eigenvalue weighted by Crippen LogP contribution is -1.90. The Morgan fingerprint density at radius 3 is 2.62 bits per heavy atom. The van der Waals surface area contributed by atoms with Gasteiger partial charge in [-0.3, -0.25) is 4.99 Å². The van der Waals surface area contributed by atoms with Crippen molar-refractivity contribution in [3.8, 4) is 0 Å². The zero-order valence-corrected chi connectivity index (χ0v) is 6.35. The second-order valence-corrected chi connectivity index (χ2v) is 1.82. The van der Waals surface area contributed by atoms with Crippen LogP contribution in [-0.4, -0.2) is 18.6 Å². The molecule has 0 aliphatic carbocycles. The highest BCUT2D eigenvalue weighted by atomic mass is 79.9. The molecule has 0 aromatic heterocycles. The van der Waals surface area contributed by atoms with E-state index in [0.717, 1.165) is 10.9 Å². The molecule has 0 saturated heterocycles. The van der Waals surface area contributed by atoms with Gasteiger partial charge < -0.3 is 5.73 Å². The van der Waals surface area contributed by atoms with Crippen LogP contribution in [0.2, 0.25) is 0 Å². The predicted octanol–water partition coefficient (Wildman–Crippen LogP) is 0.925. The first-order valence-corrected chi connectivity index (χ1v) is 3.36. The highest BCUT2D eigenvalue weighted by molar-refractivity contribution is 9.09. The number of halogens is 1. The molecule has 0 fully saturated rings. The van der Waals surface area contributed by atoms with E-state index < -0.39 is 0 Å². The van der Waals surface area contributed by atoms with Gasteiger partial charge in [-0.1, -0.05) is 15.9 Å². The van der Waals surface area contributed by atoms with E-state index in [1.165, 1.54) is 6.20 Å². The molecule has 0 heterocycles. The molecule has 0 atom stereocenters. The minimum Gasteiger partial charge on any atom is -0.404 e.